The molecule has 0 bridgehead atoms. The van der Waals surface area contributed by atoms with Gasteiger partial charge in [0.2, 0.25) is 5.91 Å². The fourth-order valence-corrected chi connectivity index (χ4v) is 5.05. The van der Waals surface area contributed by atoms with Crippen LogP contribution in [0.4, 0.5) is 5.69 Å². The highest BCUT2D eigenvalue weighted by molar-refractivity contribution is 7.93. The van der Waals surface area contributed by atoms with Crippen LogP contribution in [0.1, 0.15) is 18.0 Å². The Morgan fingerprint density at radius 3 is 2.50 bits per heavy atom. The van der Waals surface area contributed by atoms with E-state index < -0.39 is 22.0 Å². The number of benzene rings is 2. The van der Waals surface area contributed by atoms with Crippen molar-refractivity contribution >= 4 is 21.6 Å². The summed E-state index contributed by atoms with van der Waals surface area (Å²) in [6.07, 6.45) is -0.201. The molecule has 1 amide bonds. The van der Waals surface area contributed by atoms with E-state index in [0.717, 1.165) is 6.54 Å². The molecule has 2 aromatic carbocycles. The van der Waals surface area contributed by atoms with Crippen molar-refractivity contribution in [3.8, 4) is 5.75 Å². The number of sulfonamides is 1. The Hall–Kier alpha value is -2.62. The zero-order valence-corrected chi connectivity index (χ0v) is 16.5. The van der Waals surface area contributed by atoms with E-state index in [1.807, 2.05) is 19.0 Å². The number of fused-ring (bicyclic) bond motifs is 1. The van der Waals surface area contributed by atoms with Crippen molar-refractivity contribution in [3.05, 3.63) is 54.1 Å². The minimum absolute atomic E-state index is 0.164. The molecule has 2 N–H and O–H groups in total. The summed E-state index contributed by atoms with van der Waals surface area (Å²) in [6, 6.07) is 12.5. The Labute approximate surface area is 164 Å². The Morgan fingerprint density at radius 1 is 1.18 bits per heavy atom. The molecular weight excluding hydrogens is 382 g/mol. The predicted octanol–water partition coefficient (Wildman–Crippen LogP) is 1.77. The van der Waals surface area contributed by atoms with E-state index in [4.69, 9.17) is 9.94 Å². The number of carbonyl (C=O) groups excluding carboxylic acids is 1. The lowest BCUT2D eigenvalue weighted by atomic mass is 10.0. The Balaban J connectivity index is 1.91. The van der Waals surface area contributed by atoms with E-state index in [1.165, 1.54) is 10.4 Å². The maximum Gasteiger partial charge on any atom is 0.265 e. The molecule has 1 atom stereocenters. The number of nitrogens with zero attached hydrogens (tertiary/aromatic N) is 2. The summed E-state index contributed by atoms with van der Waals surface area (Å²) in [5, 5.41) is 8.90. The van der Waals surface area contributed by atoms with E-state index >= 15 is 0 Å². The fourth-order valence-electron chi connectivity index (χ4n) is 3.16. The molecule has 0 radical (unpaired) electrons. The second-order valence-corrected chi connectivity index (χ2v) is 8.52. The highest BCUT2D eigenvalue weighted by Gasteiger charge is 2.43. The van der Waals surface area contributed by atoms with Crippen LogP contribution >= 0.6 is 0 Å². The number of hydroxylamine groups is 1. The molecule has 1 aliphatic heterocycles. The number of anilines is 1. The van der Waals surface area contributed by atoms with Crippen molar-refractivity contribution in [2.24, 2.45) is 0 Å². The molecule has 0 saturated carbocycles. The second kappa shape index (κ2) is 8.17. The van der Waals surface area contributed by atoms with Gasteiger partial charge in [0.05, 0.1) is 23.0 Å². The van der Waals surface area contributed by atoms with Crippen LogP contribution in [0.5, 0.6) is 5.75 Å². The molecule has 3 rings (SSSR count). The molecule has 150 valence electrons. The number of rotatable bonds is 7. The van der Waals surface area contributed by atoms with Gasteiger partial charge in [-0.15, -0.1) is 0 Å². The standard InChI is InChI=1S/C19H23N3O5S/c1-21(2)11-12-27-15-9-7-14(8-10-15)22-17(13-19(23)20-24)16-5-3-4-6-18(16)28(22,25)26/h3-10,17,24H,11-13H2,1-2H3,(H,20,23). The molecule has 0 spiro atoms. The molecule has 1 heterocycles. The molecule has 28 heavy (non-hydrogen) atoms. The van der Waals surface area contributed by atoms with Crippen molar-refractivity contribution in [2.75, 3.05) is 31.6 Å². The second-order valence-electron chi connectivity index (χ2n) is 6.74. The van der Waals surface area contributed by atoms with E-state index in [2.05, 4.69) is 0 Å². The highest BCUT2D eigenvalue weighted by Crippen LogP contribution is 2.44. The number of hydrogen-bond acceptors (Lipinski definition) is 6. The summed E-state index contributed by atoms with van der Waals surface area (Å²) in [6.45, 7) is 1.27. The van der Waals surface area contributed by atoms with Gasteiger partial charge in [-0.25, -0.2) is 13.9 Å². The molecule has 9 heteroatoms. The van der Waals surface area contributed by atoms with Gasteiger partial charge in [-0.2, -0.15) is 0 Å². The van der Waals surface area contributed by atoms with E-state index in [-0.39, 0.29) is 11.3 Å². The topological polar surface area (TPSA) is 99.2 Å². The van der Waals surface area contributed by atoms with Gasteiger partial charge in [-0.3, -0.25) is 14.3 Å². The van der Waals surface area contributed by atoms with Crippen molar-refractivity contribution in [1.82, 2.24) is 10.4 Å². The minimum atomic E-state index is -3.82. The predicted molar refractivity (Wildman–Crippen MR) is 104 cm³/mol. The van der Waals surface area contributed by atoms with E-state index in [1.54, 1.807) is 47.9 Å². The lowest BCUT2D eigenvalue weighted by Crippen LogP contribution is -2.32. The Kier molecular flexibility index (Phi) is 5.87. The SMILES string of the molecule is CN(C)CCOc1ccc(N2C(CC(=O)NO)c3ccccc3S2(=O)=O)cc1. The normalized spacial score (nSPS) is 17.4. The minimum Gasteiger partial charge on any atom is -0.492 e. The summed E-state index contributed by atoms with van der Waals surface area (Å²) < 4.78 is 33.1. The third-order valence-electron chi connectivity index (χ3n) is 4.50. The lowest BCUT2D eigenvalue weighted by Gasteiger charge is -2.25. The summed E-state index contributed by atoms with van der Waals surface area (Å²) in [5.41, 5.74) is 2.53. The highest BCUT2D eigenvalue weighted by atomic mass is 32.2. The first kappa shape index (κ1) is 20.1. The van der Waals surface area contributed by atoms with Gasteiger partial charge in [0.25, 0.3) is 10.0 Å². The van der Waals surface area contributed by atoms with Crippen molar-refractivity contribution in [1.29, 1.82) is 0 Å². The molecule has 2 aromatic rings. The first-order valence-electron chi connectivity index (χ1n) is 8.78. The van der Waals surface area contributed by atoms with Gasteiger partial charge in [-0.05, 0) is 50.0 Å². The first-order chi connectivity index (χ1) is 13.3. The van der Waals surface area contributed by atoms with Crippen molar-refractivity contribution in [2.45, 2.75) is 17.4 Å². The zero-order valence-electron chi connectivity index (χ0n) is 15.7. The van der Waals surface area contributed by atoms with Gasteiger partial charge in [-0.1, -0.05) is 18.2 Å². The average molecular weight is 405 g/mol. The van der Waals surface area contributed by atoms with E-state index in [9.17, 15) is 13.2 Å². The van der Waals surface area contributed by atoms with Gasteiger partial charge in [0.15, 0.2) is 0 Å². The molecule has 8 nitrogen and oxygen atoms in total. The molecule has 1 unspecified atom stereocenters. The van der Waals surface area contributed by atoms with Crippen LogP contribution in [-0.4, -0.2) is 51.7 Å². The number of nitrogens with one attached hydrogen (secondary N) is 1. The third-order valence-corrected chi connectivity index (χ3v) is 6.41. The Morgan fingerprint density at radius 2 is 1.86 bits per heavy atom. The largest absolute Gasteiger partial charge is 0.492 e. The summed E-state index contributed by atoms with van der Waals surface area (Å²) in [7, 11) is 0.0796. The zero-order chi connectivity index (χ0) is 20.3. The number of carbonyl (C=O) groups is 1. The van der Waals surface area contributed by atoms with Gasteiger partial charge >= 0.3 is 0 Å². The molecule has 0 aliphatic carbocycles. The van der Waals surface area contributed by atoms with Crippen LogP contribution in [0.25, 0.3) is 0 Å². The summed E-state index contributed by atoms with van der Waals surface area (Å²) in [4.78, 5) is 13.9. The Bertz CT molecular complexity index is 944. The van der Waals surface area contributed by atoms with E-state index in [0.29, 0.717) is 23.6 Å². The molecule has 0 saturated heterocycles. The summed E-state index contributed by atoms with van der Waals surface area (Å²) in [5.74, 6) is -0.0325. The fraction of sp³-hybridized carbons (Fsp3) is 0.316. The van der Waals surface area contributed by atoms with Crippen molar-refractivity contribution in [3.63, 3.8) is 0 Å². The first-order valence-corrected chi connectivity index (χ1v) is 10.2. The van der Waals surface area contributed by atoms with Crippen LogP contribution < -0.4 is 14.5 Å². The molecule has 1 aliphatic rings. The maximum absolute atomic E-state index is 13.1. The smallest absolute Gasteiger partial charge is 0.265 e. The number of ether oxygens (including phenoxy) is 1. The van der Waals surface area contributed by atoms with Gasteiger partial charge in [0, 0.05) is 6.54 Å². The number of amides is 1. The molecule has 0 aromatic heterocycles. The summed E-state index contributed by atoms with van der Waals surface area (Å²) >= 11 is 0. The van der Waals surface area contributed by atoms with Crippen LogP contribution in [0.2, 0.25) is 0 Å². The monoisotopic (exact) mass is 405 g/mol. The lowest BCUT2D eigenvalue weighted by molar-refractivity contribution is -0.129. The van der Waals surface area contributed by atoms with Gasteiger partial charge < -0.3 is 9.64 Å². The van der Waals surface area contributed by atoms with Crippen LogP contribution in [0.3, 0.4) is 0 Å². The molecular formula is C19H23N3O5S. The van der Waals surface area contributed by atoms with Crippen LogP contribution in [0.15, 0.2) is 53.4 Å². The quantitative estimate of drug-likeness (QED) is 0.538. The number of hydrogen-bond donors (Lipinski definition) is 2. The maximum atomic E-state index is 13.1. The van der Waals surface area contributed by atoms with Gasteiger partial charge in [0.1, 0.15) is 12.4 Å². The van der Waals surface area contributed by atoms with Crippen LogP contribution in [-0.2, 0) is 14.8 Å². The average Bonchev–Trinajstić information content (AvgIpc) is 2.89. The number of likely N-dealkylation sites (N-methyl/N-ethyl adjacent to an activating group) is 1. The third kappa shape index (κ3) is 3.96. The van der Waals surface area contributed by atoms with Crippen LogP contribution in [0, 0.1) is 0 Å². The van der Waals surface area contributed by atoms with Crippen molar-refractivity contribution < 1.29 is 23.2 Å². The molecule has 0 fully saturated rings.